The van der Waals surface area contributed by atoms with Crippen LogP contribution in [0.3, 0.4) is 0 Å². The van der Waals surface area contributed by atoms with Crippen molar-refractivity contribution in [3.63, 3.8) is 0 Å². The second-order valence-electron chi connectivity index (χ2n) is 6.42. The van der Waals surface area contributed by atoms with Crippen molar-refractivity contribution in [3.8, 4) is 0 Å². The van der Waals surface area contributed by atoms with E-state index >= 15 is 0 Å². The highest BCUT2D eigenvalue weighted by Gasteiger charge is 2.29. The number of imidazole rings is 1. The summed E-state index contributed by atoms with van der Waals surface area (Å²) >= 11 is 0. The van der Waals surface area contributed by atoms with E-state index in [9.17, 15) is 0 Å². The van der Waals surface area contributed by atoms with Crippen LogP contribution in [0.4, 0.5) is 0 Å². The van der Waals surface area contributed by atoms with Crippen LogP contribution in [0.1, 0.15) is 37.0 Å². The second kappa shape index (κ2) is 5.39. The number of nitrogens with zero attached hydrogens (tertiary/aromatic N) is 4. The van der Waals surface area contributed by atoms with Crippen LogP contribution >= 0.6 is 0 Å². The van der Waals surface area contributed by atoms with Crippen LogP contribution in [-0.2, 0) is 0 Å². The number of piperidine rings is 1. The standard InChI is InChI=1S/C16H23N5/c1-20-10-6-12(11-20)15-19-14-3-2-7-18-16(14)21(15)13-4-8-17-9-5-13/h2-3,7,12-13,17H,4-6,8-11H2,1H3. The summed E-state index contributed by atoms with van der Waals surface area (Å²) in [5, 5.41) is 3.46. The van der Waals surface area contributed by atoms with Crippen LogP contribution in [0.25, 0.3) is 11.2 Å². The SMILES string of the molecule is CN1CCC(c2nc3cccnc3n2C2CCNCC2)C1. The molecule has 2 fully saturated rings. The fourth-order valence-corrected chi connectivity index (χ4v) is 3.81. The zero-order chi connectivity index (χ0) is 14.2. The van der Waals surface area contributed by atoms with Crippen LogP contribution in [0.15, 0.2) is 18.3 Å². The molecule has 5 heteroatoms. The van der Waals surface area contributed by atoms with Crippen LogP contribution in [0, 0.1) is 0 Å². The van der Waals surface area contributed by atoms with E-state index in [-0.39, 0.29) is 0 Å². The zero-order valence-corrected chi connectivity index (χ0v) is 12.6. The maximum absolute atomic E-state index is 4.96. The highest BCUT2D eigenvalue weighted by atomic mass is 15.2. The summed E-state index contributed by atoms with van der Waals surface area (Å²) in [6.45, 7) is 4.49. The number of nitrogens with one attached hydrogen (secondary N) is 1. The van der Waals surface area contributed by atoms with Crippen molar-refractivity contribution in [1.29, 1.82) is 0 Å². The van der Waals surface area contributed by atoms with Gasteiger partial charge in [-0.1, -0.05) is 0 Å². The Hall–Kier alpha value is -1.46. The van der Waals surface area contributed by atoms with Crippen LogP contribution in [-0.4, -0.2) is 52.7 Å². The minimum Gasteiger partial charge on any atom is -0.317 e. The van der Waals surface area contributed by atoms with Crippen LogP contribution in [0.2, 0.25) is 0 Å². The topological polar surface area (TPSA) is 46.0 Å². The van der Waals surface area contributed by atoms with E-state index in [2.05, 4.69) is 32.9 Å². The van der Waals surface area contributed by atoms with Crippen molar-refractivity contribution >= 4 is 11.2 Å². The predicted octanol–water partition coefficient (Wildman–Crippen LogP) is 1.77. The maximum atomic E-state index is 4.96. The Morgan fingerprint density at radius 2 is 2.10 bits per heavy atom. The smallest absolute Gasteiger partial charge is 0.160 e. The molecule has 0 aliphatic carbocycles. The minimum absolute atomic E-state index is 0.548. The molecule has 1 atom stereocenters. The molecule has 1 unspecified atom stereocenters. The van der Waals surface area contributed by atoms with E-state index in [1.165, 1.54) is 31.6 Å². The van der Waals surface area contributed by atoms with Gasteiger partial charge in [-0.2, -0.15) is 0 Å². The largest absolute Gasteiger partial charge is 0.317 e. The second-order valence-corrected chi connectivity index (χ2v) is 6.42. The monoisotopic (exact) mass is 285 g/mol. The van der Waals surface area contributed by atoms with Gasteiger partial charge >= 0.3 is 0 Å². The normalized spacial score (nSPS) is 24.9. The molecule has 4 heterocycles. The Bertz CT molecular complexity index is 629. The molecule has 0 radical (unpaired) electrons. The third-order valence-corrected chi connectivity index (χ3v) is 4.91. The first-order chi connectivity index (χ1) is 10.3. The molecule has 1 N–H and O–H groups in total. The summed E-state index contributed by atoms with van der Waals surface area (Å²) in [5.74, 6) is 1.82. The number of rotatable bonds is 2. The first kappa shape index (κ1) is 13.2. The van der Waals surface area contributed by atoms with Gasteiger partial charge in [0.2, 0.25) is 0 Å². The van der Waals surface area contributed by atoms with E-state index < -0.39 is 0 Å². The lowest BCUT2D eigenvalue weighted by Gasteiger charge is -2.27. The summed E-state index contributed by atoms with van der Waals surface area (Å²) in [6.07, 6.45) is 5.46. The van der Waals surface area contributed by atoms with Gasteiger partial charge in [-0.3, -0.25) is 0 Å². The van der Waals surface area contributed by atoms with E-state index in [1.54, 1.807) is 0 Å². The fraction of sp³-hybridized carbons (Fsp3) is 0.625. The third-order valence-electron chi connectivity index (χ3n) is 4.91. The van der Waals surface area contributed by atoms with Gasteiger partial charge in [-0.05, 0) is 58.1 Å². The van der Waals surface area contributed by atoms with Gasteiger partial charge in [0.05, 0.1) is 0 Å². The minimum atomic E-state index is 0.548. The van der Waals surface area contributed by atoms with Gasteiger partial charge in [-0.15, -0.1) is 0 Å². The van der Waals surface area contributed by atoms with Gasteiger partial charge in [-0.25, -0.2) is 9.97 Å². The summed E-state index contributed by atoms with van der Waals surface area (Å²) in [4.78, 5) is 12.0. The summed E-state index contributed by atoms with van der Waals surface area (Å²) in [7, 11) is 2.20. The predicted molar refractivity (Wildman–Crippen MR) is 83.5 cm³/mol. The molecule has 2 aliphatic rings. The number of fused-ring (bicyclic) bond motifs is 1. The summed E-state index contributed by atoms with van der Waals surface area (Å²) in [5.41, 5.74) is 2.13. The number of likely N-dealkylation sites (N-methyl/N-ethyl adjacent to an activating group) is 1. The maximum Gasteiger partial charge on any atom is 0.160 e. The van der Waals surface area contributed by atoms with E-state index in [4.69, 9.17) is 4.98 Å². The lowest BCUT2D eigenvalue weighted by Crippen LogP contribution is -2.30. The Kier molecular flexibility index (Phi) is 3.39. The van der Waals surface area contributed by atoms with Crippen molar-refractivity contribution < 1.29 is 0 Å². The molecule has 2 aromatic heterocycles. The number of aromatic nitrogens is 3. The van der Waals surface area contributed by atoms with Gasteiger partial charge in [0.15, 0.2) is 5.65 Å². The molecule has 4 rings (SSSR count). The van der Waals surface area contributed by atoms with Gasteiger partial charge in [0.1, 0.15) is 11.3 Å². The molecule has 0 aromatic carbocycles. The Balaban J connectivity index is 1.80. The van der Waals surface area contributed by atoms with Gasteiger partial charge in [0.25, 0.3) is 0 Å². The van der Waals surface area contributed by atoms with Crippen LogP contribution in [0.5, 0.6) is 0 Å². The molecule has 2 saturated heterocycles. The number of hydrogen-bond donors (Lipinski definition) is 1. The fourth-order valence-electron chi connectivity index (χ4n) is 3.81. The third kappa shape index (κ3) is 2.34. The molecule has 2 aromatic rings. The van der Waals surface area contributed by atoms with Gasteiger partial charge < -0.3 is 14.8 Å². The average molecular weight is 285 g/mol. The lowest BCUT2D eigenvalue weighted by atomic mass is 10.0. The first-order valence-corrected chi connectivity index (χ1v) is 8.05. The van der Waals surface area contributed by atoms with E-state index in [1.807, 2.05) is 12.3 Å². The number of pyridine rings is 1. The zero-order valence-electron chi connectivity index (χ0n) is 12.6. The number of likely N-dealkylation sites (tertiary alicyclic amines) is 1. The van der Waals surface area contributed by atoms with Crippen molar-refractivity contribution in [2.45, 2.75) is 31.2 Å². The molecule has 0 amide bonds. The van der Waals surface area contributed by atoms with E-state index in [0.717, 1.165) is 30.8 Å². The highest BCUT2D eigenvalue weighted by Crippen LogP contribution is 2.33. The highest BCUT2D eigenvalue weighted by molar-refractivity contribution is 5.71. The average Bonchev–Trinajstić information content (AvgIpc) is 3.11. The quantitative estimate of drug-likeness (QED) is 0.913. The molecule has 2 aliphatic heterocycles. The van der Waals surface area contributed by atoms with Crippen LogP contribution < -0.4 is 5.32 Å². The molecule has 0 spiro atoms. The lowest BCUT2D eigenvalue weighted by molar-refractivity contribution is 0.356. The number of hydrogen-bond acceptors (Lipinski definition) is 4. The Morgan fingerprint density at radius 3 is 2.86 bits per heavy atom. The Labute approximate surface area is 125 Å². The summed E-state index contributed by atoms with van der Waals surface area (Å²) in [6, 6.07) is 4.64. The molecular weight excluding hydrogens is 262 g/mol. The van der Waals surface area contributed by atoms with Crippen molar-refractivity contribution in [1.82, 2.24) is 24.8 Å². The van der Waals surface area contributed by atoms with E-state index in [0.29, 0.717) is 12.0 Å². The first-order valence-electron chi connectivity index (χ1n) is 8.05. The van der Waals surface area contributed by atoms with Crippen molar-refractivity contribution in [2.75, 3.05) is 33.2 Å². The molecular formula is C16H23N5. The summed E-state index contributed by atoms with van der Waals surface area (Å²) < 4.78 is 2.46. The molecule has 112 valence electrons. The van der Waals surface area contributed by atoms with Gasteiger partial charge in [0, 0.05) is 24.7 Å². The van der Waals surface area contributed by atoms with Crippen molar-refractivity contribution in [2.24, 2.45) is 0 Å². The molecule has 21 heavy (non-hydrogen) atoms. The van der Waals surface area contributed by atoms with Crippen molar-refractivity contribution in [3.05, 3.63) is 24.2 Å². The molecule has 0 bridgehead atoms. The Morgan fingerprint density at radius 1 is 1.24 bits per heavy atom. The molecule has 0 saturated carbocycles. The molecule has 5 nitrogen and oxygen atoms in total.